The zero-order valence-corrected chi connectivity index (χ0v) is 9.02. The van der Waals surface area contributed by atoms with E-state index < -0.39 is 11.1 Å². The molecule has 0 N–H and O–H groups in total. The molecule has 0 aromatic heterocycles. The van der Waals surface area contributed by atoms with E-state index in [1.807, 2.05) is 0 Å². The van der Waals surface area contributed by atoms with Crippen molar-refractivity contribution in [1.82, 2.24) is 0 Å². The second-order valence-corrected chi connectivity index (χ2v) is 4.15. The molecule has 1 aromatic rings. The number of benzene rings is 1. The molecule has 0 fully saturated rings. The molecule has 0 radical (unpaired) electrons. The third-order valence-corrected chi connectivity index (χ3v) is 2.78. The minimum absolute atomic E-state index is 0.0446. The topological polar surface area (TPSA) is 57.2 Å². The molecule has 0 amide bonds. The van der Waals surface area contributed by atoms with Crippen molar-refractivity contribution >= 4 is 28.5 Å². The van der Waals surface area contributed by atoms with Crippen LogP contribution in [0.4, 0.5) is 0 Å². The highest BCUT2D eigenvalue weighted by Gasteiger charge is 2.09. The lowest BCUT2D eigenvalue weighted by molar-refractivity contribution is -0.116. The van der Waals surface area contributed by atoms with Crippen molar-refractivity contribution in [3.8, 4) is 0 Å². The SMILES string of the molecule is CC(=O)Cc1c(Cl)cccc1S(=O)[O-]. The number of Topliss-reactive ketones (excluding diaryl/α,β-unsaturated/α-hetero) is 1. The van der Waals surface area contributed by atoms with Gasteiger partial charge in [0, 0.05) is 16.3 Å². The van der Waals surface area contributed by atoms with E-state index in [1.54, 1.807) is 6.07 Å². The Hall–Kier alpha value is -0.710. The molecule has 1 rings (SSSR count). The molecular weight excluding hydrogens is 224 g/mol. The van der Waals surface area contributed by atoms with Crippen LogP contribution in [0.5, 0.6) is 0 Å². The second-order valence-electron chi connectivity index (χ2n) is 2.83. The lowest BCUT2D eigenvalue weighted by Crippen LogP contribution is -2.03. The second kappa shape index (κ2) is 4.68. The quantitative estimate of drug-likeness (QED) is 0.745. The Morgan fingerprint density at radius 3 is 2.71 bits per heavy atom. The van der Waals surface area contributed by atoms with Crippen molar-refractivity contribution < 1.29 is 13.6 Å². The van der Waals surface area contributed by atoms with Gasteiger partial charge in [0.2, 0.25) is 0 Å². The van der Waals surface area contributed by atoms with Gasteiger partial charge in [-0.15, -0.1) is 0 Å². The lowest BCUT2D eigenvalue weighted by atomic mass is 10.1. The Morgan fingerprint density at radius 2 is 2.21 bits per heavy atom. The van der Waals surface area contributed by atoms with Crippen LogP contribution < -0.4 is 0 Å². The van der Waals surface area contributed by atoms with Gasteiger partial charge < -0.3 is 4.55 Å². The fraction of sp³-hybridized carbons (Fsp3) is 0.222. The van der Waals surface area contributed by atoms with E-state index in [1.165, 1.54) is 19.1 Å². The van der Waals surface area contributed by atoms with E-state index in [-0.39, 0.29) is 17.1 Å². The largest absolute Gasteiger partial charge is 0.768 e. The molecule has 1 unspecified atom stereocenters. The minimum Gasteiger partial charge on any atom is -0.768 e. The summed E-state index contributed by atoms with van der Waals surface area (Å²) >= 11 is 3.44. The van der Waals surface area contributed by atoms with Crippen molar-refractivity contribution in [2.75, 3.05) is 0 Å². The molecule has 0 spiro atoms. The standard InChI is InChI=1S/C9H9ClO3S/c1-6(11)5-7-8(10)3-2-4-9(7)14(12)13/h2-4H,5H2,1H3,(H,12,13)/p-1. The van der Waals surface area contributed by atoms with Gasteiger partial charge in [0.05, 0.1) is 0 Å². The molecule has 0 heterocycles. The summed E-state index contributed by atoms with van der Waals surface area (Å²) in [7, 11) is 0. The van der Waals surface area contributed by atoms with E-state index in [9.17, 15) is 13.6 Å². The van der Waals surface area contributed by atoms with Crippen LogP contribution in [-0.4, -0.2) is 14.5 Å². The van der Waals surface area contributed by atoms with Crippen molar-refractivity contribution in [2.24, 2.45) is 0 Å². The molecule has 0 saturated heterocycles. The summed E-state index contributed by atoms with van der Waals surface area (Å²) in [6.07, 6.45) is 0.0446. The van der Waals surface area contributed by atoms with Gasteiger partial charge in [0.1, 0.15) is 5.78 Å². The predicted molar refractivity (Wildman–Crippen MR) is 53.0 cm³/mol. The van der Waals surface area contributed by atoms with Gasteiger partial charge in [-0.25, -0.2) is 0 Å². The Bertz CT molecular complexity index is 390. The molecule has 0 aliphatic heterocycles. The van der Waals surface area contributed by atoms with E-state index in [0.717, 1.165) is 0 Å². The van der Waals surface area contributed by atoms with Gasteiger partial charge in [-0.05, 0) is 35.7 Å². The first-order valence-electron chi connectivity index (χ1n) is 3.88. The number of carbonyl (C=O) groups is 1. The fourth-order valence-electron chi connectivity index (χ4n) is 1.12. The van der Waals surface area contributed by atoms with Crippen molar-refractivity contribution in [2.45, 2.75) is 18.2 Å². The van der Waals surface area contributed by atoms with Crippen LogP contribution in [0.3, 0.4) is 0 Å². The Labute approximate surface area is 89.4 Å². The number of rotatable bonds is 3. The van der Waals surface area contributed by atoms with Crippen LogP contribution >= 0.6 is 11.6 Å². The van der Waals surface area contributed by atoms with E-state index in [0.29, 0.717) is 10.6 Å². The molecule has 1 atom stereocenters. The molecule has 0 saturated carbocycles. The number of halogens is 1. The molecule has 3 nitrogen and oxygen atoms in total. The summed E-state index contributed by atoms with van der Waals surface area (Å²) in [5.74, 6) is -0.121. The van der Waals surface area contributed by atoms with Crippen LogP contribution in [0, 0.1) is 0 Å². The first kappa shape index (κ1) is 11.4. The molecule has 76 valence electrons. The van der Waals surface area contributed by atoms with Gasteiger partial charge in [-0.2, -0.15) is 0 Å². The van der Waals surface area contributed by atoms with Crippen LogP contribution in [0.15, 0.2) is 23.1 Å². The number of hydrogen-bond acceptors (Lipinski definition) is 3. The third-order valence-electron chi connectivity index (χ3n) is 1.68. The zero-order chi connectivity index (χ0) is 10.7. The summed E-state index contributed by atoms with van der Waals surface area (Å²) in [6.45, 7) is 1.39. The van der Waals surface area contributed by atoms with Gasteiger partial charge in [0.25, 0.3) is 0 Å². The predicted octanol–water partition coefficient (Wildman–Crippen LogP) is 1.71. The zero-order valence-electron chi connectivity index (χ0n) is 7.45. The number of carbonyl (C=O) groups excluding carboxylic acids is 1. The molecule has 0 bridgehead atoms. The smallest absolute Gasteiger partial charge is 0.134 e. The highest BCUT2D eigenvalue weighted by Crippen LogP contribution is 2.22. The lowest BCUT2D eigenvalue weighted by Gasteiger charge is -2.11. The Morgan fingerprint density at radius 1 is 1.57 bits per heavy atom. The number of ketones is 1. The molecule has 1 aromatic carbocycles. The molecule has 5 heteroatoms. The summed E-state index contributed by atoms with van der Waals surface area (Å²) in [4.78, 5) is 11.0. The molecule has 0 aliphatic carbocycles. The van der Waals surface area contributed by atoms with Gasteiger partial charge in [-0.3, -0.25) is 9.00 Å². The highest BCUT2D eigenvalue weighted by atomic mass is 35.5. The van der Waals surface area contributed by atoms with Crippen molar-refractivity contribution in [1.29, 1.82) is 0 Å². The third kappa shape index (κ3) is 2.64. The van der Waals surface area contributed by atoms with Crippen LogP contribution in [0.2, 0.25) is 5.02 Å². The molecule has 14 heavy (non-hydrogen) atoms. The first-order chi connectivity index (χ1) is 6.52. The minimum atomic E-state index is -2.35. The normalized spacial score (nSPS) is 12.5. The monoisotopic (exact) mass is 231 g/mol. The van der Waals surface area contributed by atoms with Gasteiger partial charge in [-0.1, -0.05) is 17.7 Å². The van der Waals surface area contributed by atoms with Crippen molar-refractivity contribution in [3.63, 3.8) is 0 Å². The first-order valence-corrected chi connectivity index (χ1v) is 5.33. The van der Waals surface area contributed by atoms with Crippen molar-refractivity contribution in [3.05, 3.63) is 28.8 Å². The number of hydrogen-bond donors (Lipinski definition) is 0. The van der Waals surface area contributed by atoms with Crippen LogP contribution in [0.25, 0.3) is 0 Å². The van der Waals surface area contributed by atoms with Crippen LogP contribution in [0.1, 0.15) is 12.5 Å². The van der Waals surface area contributed by atoms with E-state index in [4.69, 9.17) is 11.6 Å². The van der Waals surface area contributed by atoms with Gasteiger partial charge in [0.15, 0.2) is 0 Å². The average molecular weight is 232 g/mol. The summed E-state index contributed by atoms with van der Waals surface area (Å²) in [5, 5.41) is 0.307. The summed E-state index contributed by atoms with van der Waals surface area (Å²) in [6, 6.07) is 4.53. The Balaban J connectivity index is 3.22. The summed E-state index contributed by atoms with van der Waals surface area (Å²) in [5.41, 5.74) is 0.370. The maximum absolute atomic E-state index is 10.9. The average Bonchev–Trinajstić information content (AvgIpc) is 2.07. The van der Waals surface area contributed by atoms with E-state index in [2.05, 4.69) is 0 Å². The fourth-order valence-corrected chi connectivity index (χ4v) is 1.99. The molecule has 0 aliphatic rings. The molecular formula is C9H8ClO3S-. The maximum atomic E-state index is 10.9. The summed E-state index contributed by atoms with van der Waals surface area (Å²) < 4.78 is 21.6. The maximum Gasteiger partial charge on any atom is 0.134 e. The highest BCUT2D eigenvalue weighted by molar-refractivity contribution is 7.79. The Kier molecular flexibility index (Phi) is 3.80. The van der Waals surface area contributed by atoms with Gasteiger partial charge >= 0.3 is 0 Å². The van der Waals surface area contributed by atoms with Crippen LogP contribution in [-0.2, 0) is 22.3 Å². The van der Waals surface area contributed by atoms with E-state index >= 15 is 0 Å².